The molecule has 0 fully saturated rings. The predicted molar refractivity (Wildman–Crippen MR) is 43.8 cm³/mol. The third-order valence-corrected chi connectivity index (χ3v) is 2.08. The molecule has 1 amide bonds. The first-order valence-electron chi connectivity index (χ1n) is 3.92. The van der Waals surface area contributed by atoms with Gasteiger partial charge in [0.15, 0.2) is 0 Å². The molecule has 0 bridgehead atoms. The first kappa shape index (κ1) is 7.85. The highest BCUT2D eigenvalue weighted by molar-refractivity contribution is 6.06. The summed E-state index contributed by atoms with van der Waals surface area (Å²) in [5.41, 5.74) is 1.03. The molecule has 0 aliphatic carbocycles. The number of carbonyl (C=O) groups is 2. The number of hydrogen-bond donors (Lipinski definition) is 3. The van der Waals surface area contributed by atoms with Crippen molar-refractivity contribution in [2.45, 2.75) is 6.42 Å². The predicted octanol–water partition coefficient (Wildman–Crippen LogP) is -0.00120. The van der Waals surface area contributed by atoms with Crippen molar-refractivity contribution >= 4 is 11.9 Å². The first-order chi connectivity index (χ1) is 6.20. The number of hydrogen-bond acceptors (Lipinski definition) is 2. The molecule has 68 valence electrons. The zero-order valence-electron chi connectivity index (χ0n) is 6.76. The molecular weight excluding hydrogens is 172 g/mol. The number of carboxylic acids is 1. The molecule has 1 aromatic rings. The van der Waals surface area contributed by atoms with Crippen LogP contribution in [0.3, 0.4) is 0 Å². The second-order valence-electron chi connectivity index (χ2n) is 2.87. The van der Waals surface area contributed by atoms with Crippen molar-refractivity contribution in [1.29, 1.82) is 0 Å². The van der Waals surface area contributed by atoms with Crippen LogP contribution in [0.2, 0.25) is 0 Å². The topological polar surface area (TPSA) is 82.2 Å². The van der Waals surface area contributed by atoms with E-state index in [2.05, 4.69) is 10.3 Å². The minimum absolute atomic E-state index is 0.0483. The molecule has 5 heteroatoms. The lowest BCUT2D eigenvalue weighted by Crippen LogP contribution is -2.32. The van der Waals surface area contributed by atoms with E-state index in [1.54, 1.807) is 0 Å². The molecule has 0 aromatic carbocycles. The van der Waals surface area contributed by atoms with Gasteiger partial charge in [-0.1, -0.05) is 0 Å². The monoisotopic (exact) mass is 180 g/mol. The number of carboxylic acid groups (broad SMARTS) is 1. The number of carbonyl (C=O) groups excluding carboxylic acids is 1. The van der Waals surface area contributed by atoms with E-state index in [0.717, 1.165) is 0 Å². The van der Waals surface area contributed by atoms with E-state index in [1.165, 1.54) is 6.20 Å². The summed E-state index contributed by atoms with van der Waals surface area (Å²) < 4.78 is 0. The van der Waals surface area contributed by atoms with Gasteiger partial charge in [0.05, 0.1) is 11.1 Å². The van der Waals surface area contributed by atoms with Gasteiger partial charge in [-0.25, -0.2) is 4.79 Å². The number of fused-ring (bicyclic) bond motifs is 1. The van der Waals surface area contributed by atoms with Crippen molar-refractivity contribution in [2.75, 3.05) is 6.54 Å². The number of amides is 1. The molecule has 0 unspecified atom stereocenters. The summed E-state index contributed by atoms with van der Waals surface area (Å²) in [5.74, 6) is -1.38. The number of aromatic carboxylic acids is 1. The molecule has 1 aliphatic heterocycles. The van der Waals surface area contributed by atoms with Crippen molar-refractivity contribution in [3.63, 3.8) is 0 Å². The maximum atomic E-state index is 11.3. The lowest BCUT2D eigenvalue weighted by Gasteiger charge is -2.12. The molecule has 5 nitrogen and oxygen atoms in total. The number of nitrogens with one attached hydrogen (secondary N) is 2. The Hall–Kier alpha value is -1.78. The molecular formula is C8H8N2O3. The van der Waals surface area contributed by atoms with Crippen LogP contribution in [0.4, 0.5) is 0 Å². The van der Waals surface area contributed by atoms with Crippen LogP contribution >= 0.6 is 0 Å². The fraction of sp³-hybridized carbons (Fsp3) is 0.250. The van der Waals surface area contributed by atoms with E-state index >= 15 is 0 Å². The van der Waals surface area contributed by atoms with Crippen molar-refractivity contribution in [2.24, 2.45) is 0 Å². The Morgan fingerprint density at radius 2 is 2.31 bits per heavy atom. The molecule has 0 saturated carbocycles. The third kappa shape index (κ3) is 1.09. The highest BCUT2D eigenvalue weighted by atomic mass is 16.4. The van der Waals surface area contributed by atoms with Crippen molar-refractivity contribution in [1.82, 2.24) is 10.3 Å². The van der Waals surface area contributed by atoms with Gasteiger partial charge in [0, 0.05) is 24.9 Å². The second kappa shape index (κ2) is 2.62. The van der Waals surface area contributed by atoms with Gasteiger partial charge >= 0.3 is 5.97 Å². The molecule has 1 aromatic heterocycles. The number of aromatic nitrogens is 1. The lowest BCUT2D eigenvalue weighted by atomic mass is 10.1. The normalized spacial score (nSPS) is 14.9. The van der Waals surface area contributed by atoms with Crippen LogP contribution in [0.15, 0.2) is 6.20 Å². The summed E-state index contributed by atoms with van der Waals surface area (Å²) in [6.07, 6.45) is 2.02. The lowest BCUT2D eigenvalue weighted by molar-refractivity contribution is 0.0691. The fourth-order valence-corrected chi connectivity index (χ4v) is 1.48. The summed E-state index contributed by atoms with van der Waals surface area (Å²) in [7, 11) is 0. The van der Waals surface area contributed by atoms with E-state index in [9.17, 15) is 9.59 Å². The van der Waals surface area contributed by atoms with Gasteiger partial charge in [-0.15, -0.1) is 0 Å². The van der Waals surface area contributed by atoms with Gasteiger partial charge in [0.25, 0.3) is 5.91 Å². The Bertz CT molecular complexity index is 381. The fourth-order valence-electron chi connectivity index (χ4n) is 1.48. The van der Waals surface area contributed by atoms with Gasteiger partial charge in [-0.3, -0.25) is 4.79 Å². The summed E-state index contributed by atoms with van der Waals surface area (Å²) >= 11 is 0. The Balaban J connectivity index is 2.56. The smallest absolute Gasteiger partial charge is 0.338 e. The van der Waals surface area contributed by atoms with Crippen LogP contribution in [0, 0.1) is 0 Å². The van der Waals surface area contributed by atoms with Gasteiger partial charge in [0.2, 0.25) is 0 Å². The van der Waals surface area contributed by atoms with E-state index in [1.807, 2.05) is 0 Å². The van der Waals surface area contributed by atoms with Crippen LogP contribution in [-0.4, -0.2) is 28.5 Å². The molecule has 3 N–H and O–H groups in total. The minimum atomic E-state index is -1.07. The molecule has 2 rings (SSSR count). The summed E-state index contributed by atoms with van der Waals surface area (Å²) in [4.78, 5) is 24.8. The summed E-state index contributed by atoms with van der Waals surface area (Å²) in [5, 5.41) is 11.3. The average Bonchev–Trinajstić information content (AvgIpc) is 2.49. The van der Waals surface area contributed by atoms with Crippen molar-refractivity contribution in [3.8, 4) is 0 Å². The summed E-state index contributed by atoms with van der Waals surface area (Å²) in [6.45, 7) is 0.561. The van der Waals surface area contributed by atoms with Crippen LogP contribution < -0.4 is 5.32 Å². The Morgan fingerprint density at radius 3 is 3.00 bits per heavy atom. The molecule has 0 radical (unpaired) electrons. The van der Waals surface area contributed by atoms with Crippen LogP contribution in [0.1, 0.15) is 26.4 Å². The Labute approximate surface area is 73.8 Å². The molecule has 0 saturated heterocycles. The van der Waals surface area contributed by atoms with Gasteiger partial charge < -0.3 is 15.4 Å². The van der Waals surface area contributed by atoms with Gasteiger partial charge in [-0.05, 0) is 0 Å². The quantitative estimate of drug-likeness (QED) is 0.568. The maximum absolute atomic E-state index is 11.3. The molecule has 2 heterocycles. The van der Waals surface area contributed by atoms with E-state index in [-0.39, 0.29) is 17.0 Å². The molecule has 13 heavy (non-hydrogen) atoms. The zero-order valence-corrected chi connectivity index (χ0v) is 6.76. The van der Waals surface area contributed by atoms with Crippen LogP contribution in [-0.2, 0) is 6.42 Å². The Kier molecular flexibility index (Phi) is 1.58. The van der Waals surface area contributed by atoms with Gasteiger partial charge in [0.1, 0.15) is 0 Å². The van der Waals surface area contributed by atoms with Crippen LogP contribution in [0.25, 0.3) is 0 Å². The maximum Gasteiger partial charge on any atom is 0.338 e. The molecule has 1 aliphatic rings. The third-order valence-electron chi connectivity index (χ3n) is 2.08. The van der Waals surface area contributed by atoms with Crippen molar-refractivity contribution < 1.29 is 14.7 Å². The van der Waals surface area contributed by atoms with Crippen LogP contribution in [0.5, 0.6) is 0 Å². The minimum Gasteiger partial charge on any atom is -0.478 e. The van der Waals surface area contributed by atoms with E-state index < -0.39 is 5.97 Å². The number of H-pyrrole nitrogens is 1. The molecule has 0 atom stereocenters. The Morgan fingerprint density at radius 1 is 1.54 bits per heavy atom. The summed E-state index contributed by atoms with van der Waals surface area (Å²) in [6, 6.07) is 0. The molecule has 0 spiro atoms. The highest BCUT2D eigenvalue weighted by Crippen LogP contribution is 2.17. The standard InChI is InChI=1S/C8H8N2O3/c11-7-6-4(8(12)13)3-10-5(6)1-2-9-7/h3,10H,1-2H2,(H,9,11)(H,12,13). The SMILES string of the molecule is O=C(O)c1c[nH]c2c1C(=O)NCC2. The van der Waals surface area contributed by atoms with E-state index in [4.69, 9.17) is 5.11 Å². The average molecular weight is 180 g/mol. The second-order valence-corrected chi connectivity index (χ2v) is 2.87. The number of aromatic amines is 1. The van der Waals surface area contributed by atoms with E-state index in [0.29, 0.717) is 18.7 Å². The zero-order chi connectivity index (χ0) is 9.42. The highest BCUT2D eigenvalue weighted by Gasteiger charge is 2.25. The number of rotatable bonds is 1. The van der Waals surface area contributed by atoms with Gasteiger partial charge in [-0.2, -0.15) is 0 Å². The first-order valence-corrected chi connectivity index (χ1v) is 3.92. The van der Waals surface area contributed by atoms with Crippen molar-refractivity contribution in [3.05, 3.63) is 23.0 Å². The largest absolute Gasteiger partial charge is 0.478 e.